The van der Waals surface area contributed by atoms with Crippen molar-refractivity contribution in [2.24, 2.45) is 0 Å². The van der Waals surface area contributed by atoms with Gasteiger partial charge in [-0.1, -0.05) is 18.2 Å². The molecule has 2 N–H and O–H groups in total. The maximum atomic E-state index is 12.6. The Hall–Kier alpha value is -3.29. The van der Waals surface area contributed by atoms with Crippen LogP contribution in [0.3, 0.4) is 0 Å². The van der Waals surface area contributed by atoms with Gasteiger partial charge in [-0.15, -0.1) is 0 Å². The molecule has 8 heteroatoms. The number of nitrogens with zero attached hydrogens (tertiary/aromatic N) is 2. The second kappa shape index (κ2) is 7.14. The van der Waals surface area contributed by atoms with E-state index >= 15 is 0 Å². The van der Waals surface area contributed by atoms with Gasteiger partial charge in [-0.05, 0) is 11.6 Å². The lowest BCUT2D eigenvalue weighted by atomic mass is 10.0. The number of aromatic nitrogens is 3. The number of amides is 1. The van der Waals surface area contributed by atoms with Crippen LogP contribution in [-0.4, -0.2) is 46.4 Å². The summed E-state index contributed by atoms with van der Waals surface area (Å²) in [6, 6.07) is 8.57. The number of hydrogen-bond donors (Lipinski definition) is 2. The number of nitrogens with one attached hydrogen (secondary N) is 2. The zero-order valence-electron chi connectivity index (χ0n) is 14.9. The molecule has 27 heavy (non-hydrogen) atoms. The van der Waals surface area contributed by atoms with Crippen LogP contribution >= 0.6 is 0 Å². The lowest BCUT2D eigenvalue weighted by Gasteiger charge is -2.15. The molecule has 1 aliphatic rings. The third-order valence-electron chi connectivity index (χ3n) is 4.63. The molecule has 0 saturated carbocycles. The van der Waals surface area contributed by atoms with Gasteiger partial charge in [-0.25, -0.2) is 9.48 Å². The minimum absolute atomic E-state index is 0.222. The maximum Gasteiger partial charge on any atom is 0.328 e. The van der Waals surface area contributed by atoms with E-state index in [1.54, 1.807) is 10.7 Å². The van der Waals surface area contributed by atoms with Crippen LogP contribution in [-0.2, 0) is 22.5 Å². The zero-order chi connectivity index (χ0) is 18.8. The minimum atomic E-state index is -0.818. The van der Waals surface area contributed by atoms with E-state index in [9.17, 15) is 9.59 Å². The quantitative estimate of drug-likeness (QED) is 0.668. The fraction of sp³-hybridized carbons (Fsp3) is 0.316. The zero-order valence-corrected chi connectivity index (χ0v) is 14.9. The van der Waals surface area contributed by atoms with Gasteiger partial charge in [-0.2, -0.15) is 5.10 Å². The molecule has 0 saturated heterocycles. The summed E-state index contributed by atoms with van der Waals surface area (Å²) in [5.41, 5.74) is 2.12. The molecule has 1 amide bonds. The van der Waals surface area contributed by atoms with E-state index < -0.39 is 17.9 Å². The van der Waals surface area contributed by atoms with Gasteiger partial charge in [0.1, 0.15) is 6.04 Å². The molecule has 1 atom stereocenters. The van der Waals surface area contributed by atoms with Crippen LogP contribution in [0.5, 0.6) is 5.88 Å². The Balaban J connectivity index is 1.54. The Morgan fingerprint density at radius 1 is 1.41 bits per heavy atom. The van der Waals surface area contributed by atoms with Crippen molar-refractivity contribution in [1.82, 2.24) is 20.1 Å². The number of carbonyl (C=O) groups excluding carboxylic acids is 2. The van der Waals surface area contributed by atoms with Crippen molar-refractivity contribution in [3.63, 3.8) is 0 Å². The molecule has 3 heterocycles. The summed E-state index contributed by atoms with van der Waals surface area (Å²) in [5, 5.41) is 8.00. The number of ether oxygens (including phenoxy) is 2. The van der Waals surface area contributed by atoms with Crippen LogP contribution in [0.25, 0.3) is 10.9 Å². The first-order valence-electron chi connectivity index (χ1n) is 8.80. The number of para-hydroxylation sites is 1. The molecular weight excluding hydrogens is 348 g/mol. The van der Waals surface area contributed by atoms with Crippen LogP contribution in [0.15, 0.2) is 36.5 Å². The number of aromatic amines is 1. The third-order valence-corrected chi connectivity index (χ3v) is 4.63. The Labute approximate surface area is 155 Å². The standard InChI is InChI=1S/C19H20N4O4/c1-26-19(25)16(9-12-11-20-14-6-3-2-5-13(12)14)21-18(24)15-10-17-23(22-15)7-4-8-27-17/h2-3,5-6,10-11,16,20H,4,7-9H2,1H3,(H,21,24)/t16-/m1/s1. The van der Waals surface area contributed by atoms with Gasteiger partial charge >= 0.3 is 5.97 Å². The second-order valence-corrected chi connectivity index (χ2v) is 6.41. The molecule has 0 bridgehead atoms. The van der Waals surface area contributed by atoms with Crippen molar-refractivity contribution in [2.45, 2.75) is 25.4 Å². The van der Waals surface area contributed by atoms with Gasteiger partial charge in [0.05, 0.1) is 13.7 Å². The highest BCUT2D eigenvalue weighted by atomic mass is 16.5. The highest BCUT2D eigenvalue weighted by Gasteiger charge is 2.26. The monoisotopic (exact) mass is 368 g/mol. The fourth-order valence-electron chi connectivity index (χ4n) is 3.27. The number of carbonyl (C=O) groups is 2. The molecule has 0 fully saturated rings. The van der Waals surface area contributed by atoms with Crippen molar-refractivity contribution in [1.29, 1.82) is 0 Å². The summed E-state index contributed by atoms with van der Waals surface area (Å²) in [5.74, 6) is -0.373. The molecule has 0 unspecified atom stereocenters. The topological polar surface area (TPSA) is 98.2 Å². The summed E-state index contributed by atoms with van der Waals surface area (Å²) >= 11 is 0. The summed E-state index contributed by atoms with van der Waals surface area (Å²) < 4.78 is 12.0. The van der Waals surface area contributed by atoms with E-state index in [-0.39, 0.29) is 5.69 Å². The number of aryl methyl sites for hydroxylation is 1. The molecule has 3 aromatic rings. The molecule has 2 aromatic heterocycles. The number of benzene rings is 1. The van der Waals surface area contributed by atoms with Crippen molar-refractivity contribution in [3.8, 4) is 5.88 Å². The van der Waals surface area contributed by atoms with E-state index in [2.05, 4.69) is 15.4 Å². The highest BCUT2D eigenvalue weighted by molar-refractivity contribution is 5.95. The maximum absolute atomic E-state index is 12.6. The van der Waals surface area contributed by atoms with E-state index in [1.807, 2.05) is 30.5 Å². The largest absolute Gasteiger partial charge is 0.478 e. The van der Waals surface area contributed by atoms with Gasteiger partial charge in [-0.3, -0.25) is 4.79 Å². The van der Waals surface area contributed by atoms with Crippen molar-refractivity contribution in [3.05, 3.63) is 47.8 Å². The predicted octanol–water partition coefficient (Wildman–Crippen LogP) is 1.66. The molecule has 1 aromatic carbocycles. The lowest BCUT2D eigenvalue weighted by Crippen LogP contribution is -2.43. The van der Waals surface area contributed by atoms with E-state index in [0.29, 0.717) is 25.5 Å². The van der Waals surface area contributed by atoms with Gasteiger partial charge in [0, 0.05) is 42.6 Å². The first-order valence-corrected chi connectivity index (χ1v) is 8.80. The summed E-state index contributed by atoms with van der Waals surface area (Å²) in [6.45, 7) is 1.32. The molecule has 0 radical (unpaired) electrons. The number of hydrogen-bond acceptors (Lipinski definition) is 5. The third kappa shape index (κ3) is 3.38. The van der Waals surface area contributed by atoms with Crippen LogP contribution in [0.4, 0.5) is 0 Å². The van der Waals surface area contributed by atoms with Gasteiger partial charge in [0.15, 0.2) is 5.69 Å². The number of fused-ring (bicyclic) bond motifs is 2. The minimum Gasteiger partial charge on any atom is -0.478 e. The van der Waals surface area contributed by atoms with Gasteiger partial charge in [0.2, 0.25) is 5.88 Å². The summed E-state index contributed by atoms with van der Waals surface area (Å²) in [4.78, 5) is 28.0. The molecule has 0 aliphatic carbocycles. The van der Waals surface area contributed by atoms with Crippen molar-refractivity contribution in [2.75, 3.05) is 13.7 Å². The van der Waals surface area contributed by atoms with Crippen molar-refractivity contribution < 1.29 is 19.1 Å². The second-order valence-electron chi connectivity index (χ2n) is 6.41. The SMILES string of the molecule is COC(=O)[C@@H](Cc1c[nH]c2ccccc12)NC(=O)c1cc2n(n1)CCCO2. The van der Waals surface area contributed by atoms with Crippen LogP contribution in [0.2, 0.25) is 0 Å². The first kappa shape index (κ1) is 17.1. The molecule has 1 aliphatic heterocycles. The molecule has 4 rings (SSSR count). The number of esters is 1. The summed E-state index contributed by atoms with van der Waals surface area (Å²) in [7, 11) is 1.31. The smallest absolute Gasteiger partial charge is 0.328 e. The number of rotatable bonds is 5. The van der Waals surface area contributed by atoms with Crippen LogP contribution in [0, 0.1) is 0 Å². The average Bonchev–Trinajstić information content (AvgIpc) is 3.31. The molecule has 8 nitrogen and oxygen atoms in total. The van der Waals surface area contributed by atoms with E-state index in [1.165, 1.54) is 7.11 Å². The number of methoxy groups -OCH3 is 1. The van der Waals surface area contributed by atoms with Gasteiger partial charge < -0.3 is 19.8 Å². The molecule has 140 valence electrons. The normalized spacial score (nSPS) is 14.3. The Kier molecular flexibility index (Phi) is 4.53. The Morgan fingerprint density at radius 3 is 3.07 bits per heavy atom. The van der Waals surface area contributed by atoms with E-state index in [4.69, 9.17) is 9.47 Å². The summed E-state index contributed by atoms with van der Waals surface area (Å²) in [6.07, 6.45) is 3.00. The highest BCUT2D eigenvalue weighted by Crippen LogP contribution is 2.21. The number of H-pyrrole nitrogens is 1. The van der Waals surface area contributed by atoms with Gasteiger partial charge in [0.25, 0.3) is 5.91 Å². The van der Waals surface area contributed by atoms with E-state index in [0.717, 1.165) is 22.9 Å². The molecule has 0 spiro atoms. The fourth-order valence-corrected chi connectivity index (χ4v) is 3.27. The van der Waals surface area contributed by atoms with Crippen LogP contribution < -0.4 is 10.1 Å². The Morgan fingerprint density at radius 2 is 2.26 bits per heavy atom. The average molecular weight is 368 g/mol. The first-order chi connectivity index (χ1) is 13.2. The predicted molar refractivity (Wildman–Crippen MR) is 97.6 cm³/mol. The Bertz CT molecular complexity index is 967. The van der Waals surface area contributed by atoms with Crippen LogP contribution in [0.1, 0.15) is 22.5 Å². The lowest BCUT2D eigenvalue weighted by molar-refractivity contribution is -0.142. The molecular formula is C19H20N4O4. The van der Waals surface area contributed by atoms with Crippen molar-refractivity contribution >= 4 is 22.8 Å².